The van der Waals surface area contributed by atoms with Crippen molar-refractivity contribution in [1.29, 1.82) is 0 Å². The average molecular weight is 356 g/mol. The first-order chi connectivity index (χ1) is 12.1. The zero-order chi connectivity index (χ0) is 17.8. The molecule has 1 aromatic heterocycles. The summed E-state index contributed by atoms with van der Waals surface area (Å²) in [6, 6.07) is 12.1. The highest BCUT2D eigenvalue weighted by molar-refractivity contribution is 7.99. The maximum absolute atomic E-state index is 5.42. The molecule has 4 nitrogen and oxygen atoms in total. The van der Waals surface area contributed by atoms with E-state index in [-0.39, 0.29) is 0 Å². The number of rotatable bonds is 7. The molecule has 0 saturated carbocycles. The quantitative estimate of drug-likeness (QED) is 0.355. The van der Waals surface area contributed by atoms with Crippen molar-refractivity contribution in [1.82, 2.24) is 9.88 Å². The topological polar surface area (TPSA) is 34.6 Å². The van der Waals surface area contributed by atoms with Gasteiger partial charge in [0.05, 0.1) is 25.3 Å². The zero-order valence-corrected chi connectivity index (χ0v) is 16.0. The number of pyridine rings is 1. The second-order valence-corrected chi connectivity index (χ2v) is 7.32. The number of fused-ring (bicyclic) bond motifs is 2. The van der Waals surface area contributed by atoms with Gasteiger partial charge in [-0.3, -0.25) is 0 Å². The summed E-state index contributed by atoms with van der Waals surface area (Å²) in [5.41, 5.74) is 1.99. The normalized spacial score (nSPS) is 11.4. The van der Waals surface area contributed by atoms with Crippen LogP contribution < -0.4 is 9.47 Å². The van der Waals surface area contributed by atoms with Gasteiger partial charge in [0.15, 0.2) is 0 Å². The van der Waals surface area contributed by atoms with Crippen LogP contribution in [0.2, 0.25) is 0 Å². The highest BCUT2D eigenvalue weighted by Gasteiger charge is 2.12. The summed E-state index contributed by atoms with van der Waals surface area (Å²) in [6.45, 7) is 1.08. The first-order valence-corrected chi connectivity index (χ1v) is 9.34. The van der Waals surface area contributed by atoms with Crippen molar-refractivity contribution in [3.8, 4) is 11.5 Å². The lowest BCUT2D eigenvalue weighted by Crippen LogP contribution is -2.13. The second kappa shape index (κ2) is 7.93. The van der Waals surface area contributed by atoms with Crippen LogP contribution in [0.5, 0.6) is 11.5 Å². The SMILES string of the molecule is COc1ccc2nc3ccc(OC)cc3c(SCCCN(C)C)c2c1. The summed E-state index contributed by atoms with van der Waals surface area (Å²) in [5, 5.41) is 2.27. The molecule has 132 valence electrons. The van der Waals surface area contributed by atoms with Gasteiger partial charge in [-0.1, -0.05) is 0 Å². The van der Waals surface area contributed by atoms with Gasteiger partial charge in [-0.05, 0) is 69.2 Å². The van der Waals surface area contributed by atoms with E-state index in [0.717, 1.165) is 52.0 Å². The molecule has 0 spiro atoms. The minimum absolute atomic E-state index is 0.853. The van der Waals surface area contributed by atoms with Gasteiger partial charge in [-0.25, -0.2) is 4.98 Å². The van der Waals surface area contributed by atoms with E-state index in [1.165, 1.54) is 4.90 Å². The number of aromatic nitrogens is 1. The Labute approximate surface area is 153 Å². The van der Waals surface area contributed by atoms with E-state index in [0.29, 0.717) is 0 Å². The van der Waals surface area contributed by atoms with Crippen LogP contribution in [0.4, 0.5) is 0 Å². The Morgan fingerprint density at radius 3 is 1.96 bits per heavy atom. The molecule has 5 heteroatoms. The second-order valence-electron chi connectivity index (χ2n) is 6.21. The van der Waals surface area contributed by atoms with Crippen molar-refractivity contribution < 1.29 is 9.47 Å². The van der Waals surface area contributed by atoms with E-state index in [4.69, 9.17) is 14.5 Å². The molecular weight excluding hydrogens is 332 g/mol. The van der Waals surface area contributed by atoms with Gasteiger partial charge in [0.2, 0.25) is 0 Å². The van der Waals surface area contributed by atoms with E-state index in [2.05, 4.69) is 31.1 Å². The van der Waals surface area contributed by atoms with E-state index in [1.807, 2.05) is 36.0 Å². The summed E-state index contributed by atoms with van der Waals surface area (Å²) in [7, 11) is 7.61. The number of hydrogen-bond donors (Lipinski definition) is 0. The predicted molar refractivity (Wildman–Crippen MR) is 106 cm³/mol. The Bertz CT molecular complexity index is 818. The zero-order valence-electron chi connectivity index (χ0n) is 15.2. The molecule has 0 aliphatic heterocycles. The molecule has 25 heavy (non-hydrogen) atoms. The fourth-order valence-corrected chi connectivity index (χ4v) is 3.94. The monoisotopic (exact) mass is 356 g/mol. The Balaban J connectivity index is 2.10. The van der Waals surface area contributed by atoms with Crippen molar-refractivity contribution in [2.45, 2.75) is 11.3 Å². The third kappa shape index (κ3) is 3.99. The molecule has 0 N–H and O–H groups in total. The first-order valence-electron chi connectivity index (χ1n) is 8.35. The fourth-order valence-electron chi connectivity index (χ4n) is 2.83. The molecule has 0 unspecified atom stereocenters. The summed E-state index contributed by atoms with van der Waals surface area (Å²) < 4.78 is 10.8. The Kier molecular flexibility index (Phi) is 5.66. The third-order valence-electron chi connectivity index (χ3n) is 4.13. The first kappa shape index (κ1) is 17.8. The van der Waals surface area contributed by atoms with Gasteiger partial charge in [0.1, 0.15) is 11.5 Å². The molecule has 1 heterocycles. The van der Waals surface area contributed by atoms with Gasteiger partial charge in [0, 0.05) is 15.7 Å². The molecule has 3 rings (SSSR count). The minimum atomic E-state index is 0.853. The lowest BCUT2D eigenvalue weighted by Gasteiger charge is -2.13. The molecule has 0 fully saturated rings. The molecule has 0 aliphatic rings. The smallest absolute Gasteiger partial charge is 0.119 e. The van der Waals surface area contributed by atoms with E-state index in [9.17, 15) is 0 Å². The van der Waals surface area contributed by atoms with Crippen molar-refractivity contribution in [2.24, 2.45) is 0 Å². The van der Waals surface area contributed by atoms with Crippen molar-refractivity contribution in [3.63, 3.8) is 0 Å². The number of thioether (sulfide) groups is 1. The van der Waals surface area contributed by atoms with E-state index < -0.39 is 0 Å². The van der Waals surface area contributed by atoms with Crippen molar-refractivity contribution in [2.75, 3.05) is 40.6 Å². The molecule has 0 amide bonds. The van der Waals surface area contributed by atoms with Crippen LogP contribution in [0.25, 0.3) is 21.8 Å². The largest absolute Gasteiger partial charge is 0.497 e. The summed E-state index contributed by atoms with van der Waals surface area (Å²) in [5.74, 6) is 2.76. The summed E-state index contributed by atoms with van der Waals surface area (Å²) in [4.78, 5) is 8.28. The Hall–Kier alpha value is -1.98. The molecule has 3 aromatic rings. The Morgan fingerprint density at radius 1 is 0.920 bits per heavy atom. The maximum atomic E-state index is 5.42. The van der Waals surface area contributed by atoms with Crippen molar-refractivity contribution >= 4 is 33.6 Å². The predicted octanol–water partition coefficient (Wildman–Crippen LogP) is 4.45. The van der Waals surface area contributed by atoms with Crippen LogP contribution in [-0.2, 0) is 0 Å². The van der Waals surface area contributed by atoms with Crippen LogP contribution in [0.3, 0.4) is 0 Å². The van der Waals surface area contributed by atoms with Crippen LogP contribution in [0.1, 0.15) is 6.42 Å². The van der Waals surface area contributed by atoms with Gasteiger partial charge in [-0.2, -0.15) is 0 Å². The lowest BCUT2D eigenvalue weighted by atomic mass is 10.1. The lowest BCUT2D eigenvalue weighted by molar-refractivity contribution is 0.410. The van der Waals surface area contributed by atoms with E-state index in [1.54, 1.807) is 14.2 Å². The van der Waals surface area contributed by atoms with Crippen LogP contribution in [0, 0.1) is 0 Å². The van der Waals surface area contributed by atoms with Crippen LogP contribution in [-0.4, -0.2) is 50.5 Å². The molecular formula is C20H24N2O2S. The molecule has 0 atom stereocenters. The highest BCUT2D eigenvalue weighted by Crippen LogP contribution is 2.37. The summed E-state index contributed by atoms with van der Waals surface area (Å²) in [6.07, 6.45) is 1.14. The standard InChI is InChI=1S/C20H24N2O2S/c1-22(2)10-5-11-25-20-16-12-14(23-3)6-8-18(16)21-19-9-7-15(24-4)13-17(19)20/h6-9,12-13H,5,10-11H2,1-4H3. The van der Waals surface area contributed by atoms with Crippen molar-refractivity contribution in [3.05, 3.63) is 36.4 Å². The molecule has 0 saturated heterocycles. The highest BCUT2D eigenvalue weighted by atomic mass is 32.2. The van der Waals surface area contributed by atoms with Gasteiger partial charge in [0.25, 0.3) is 0 Å². The number of methoxy groups -OCH3 is 2. The van der Waals surface area contributed by atoms with Gasteiger partial charge in [-0.15, -0.1) is 11.8 Å². The number of nitrogens with zero attached hydrogens (tertiary/aromatic N) is 2. The van der Waals surface area contributed by atoms with Crippen LogP contribution >= 0.6 is 11.8 Å². The number of hydrogen-bond acceptors (Lipinski definition) is 5. The summed E-state index contributed by atoms with van der Waals surface area (Å²) >= 11 is 1.88. The number of ether oxygens (including phenoxy) is 2. The fraction of sp³-hybridized carbons (Fsp3) is 0.350. The van der Waals surface area contributed by atoms with E-state index >= 15 is 0 Å². The maximum Gasteiger partial charge on any atom is 0.119 e. The van der Waals surface area contributed by atoms with Gasteiger partial charge < -0.3 is 14.4 Å². The molecule has 0 radical (unpaired) electrons. The van der Waals surface area contributed by atoms with Crippen LogP contribution in [0.15, 0.2) is 41.3 Å². The Morgan fingerprint density at radius 2 is 1.48 bits per heavy atom. The average Bonchev–Trinajstić information content (AvgIpc) is 2.63. The molecule has 0 bridgehead atoms. The number of benzene rings is 2. The molecule has 0 aliphatic carbocycles. The third-order valence-corrected chi connectivity index (χ3v) is 5.35. The molecule has 2 aromatic carbocycles. The minimum Gasteiger partial charge on any atom is -0.497 e. The van der Waals surface area contributed by atoms with Gasteiger partial charge >= 0.3 is 0 Å².